The minimum Gasteiger partial charge on any atom is -0.390 e. The third kappa shape index (κ3) is 1.03. The highest BCUT2D eigenvalue weighted by Gasteiger charge is 2.57. The first-order valence-electron chi connectivity index (χ1n) is 4.54. The average molecular weight is 188 g/mol. The summed E-state index contributed by atoms with van der Waals surface area (Å²) >= 11 is 4.26. The lowest BCUT2D eigenvalue weighted by molar-refractivity contribution is -0.169. The van der Waals surface area contributed by atoms with Gasteiger partial charge in [-0.3, -0.25) is 0 Å². The maximum Gasteiger partial charge on any atom is 0.115 e. The van der Waals surface area contributed by atoms with Gasteiger partial charge in [0, 0.05) is 11.8 Å². The van der Waals surface area contributed by atoms with E-state index in [1.54, 1.807) is 0 Å². The van der Waals surface area contributed by atoms with Crippen LogP contribution in [0.3, 0.4) is 0 Å². The van der Waals surface area contributed by atoms with Gasteiger partial charge in [0.25, 0.3) is 0 Å². The first kappa shape index (κ1) is 8.85. The Labute approximate surface area is 78.4 Å². The van der Waals surface area contributed by atoms with Gasteiger partial charge in [-0.1, -0.05) is 6.92 Å². The number of thiol groups is 1. The molecule has 0 aromatic carbocycles. The van der Waals surface area contributed by atoms with Crippen LogP contribution in [0.15, 0.2) is 0 Å². The predicted molar refractivity (Wildman–Crippen MR) is 50.1 cm³/mol. The van der Waals surface area contributed by atoms with E-state index in [4.69, 9.17) is 0 Å². The van der Waals surface area contributed by atoms with Gasteiger partial charge in [-0.2, -0.15) is 0 Å². The molecule has 0 aliphatic heterocycles. The molecule has 12 heavy (non-hydrogen) atoms. The molecule has 1 unspecified atom stereocenters. The number of hydrogen-bond acceptors (Lipinski definition) is 3. The van der Waals surface area contributed by atoms with Gasteiger partial charge in [-0.05, 0) is 25.7 Å². The highest BCUT2D eigenvalue weighted by atomic mass is 32.1. The van der Waals surface area contributed by atoms with Crippen LogP contribution < -0.4 is 0 Å². The smallest absolute Gasteiger partial charge is 0.115 e. The Morgan fingerprint density at radius 2 is 1.58 bits per heavy atom. The van der Waals surface area contributed by atoms with Crippen LogP contribution in [-0.4, -0.2) is 20.7 Å². The Morgan fingerprint density at radius 1 is 1.08 bits per heavy atom. The Hall–Kier alpha value is 0.270. The van der Waals surface area contributed by atoms with E-state index in [1.807, 2.05) is 0 Å². The second-order valence-corrected chi connectivity index (χ2v) is 5.52. The summed E-state index contributed by atoms with van der Waals surface area (Å²) in [4.78, 5) is -0.960. The zero-order valence-corrected chi connectivity index (χ0v) is 8.27. The highest BCUT2D eigenvalue weighted by molar-refractivity contribution is 7.81. The third-order valence-electron chi connectivity index (χ3n) is 3.83. The summed E-state index contributed by atoms with van der Waals surface area (Å²) < 4.78 is 0. The minimum atomic E-state index is -0.960. The summed E-state index contributed by atoms with van der Waals surface area (Å²) in [6.45, 7) is 2.07. The predicted octanol–water partition coefficient (Wildman–Crippen LogP) is 1.32. The average Bonchev–Trinajstić information content (AvgIpc) is 1.92. The van der Waals surface area contributed by atoms with E-state index in [0.717, 1.165) is 25.7 Å². The Morgan fingerprint density at radius 3 is 1.92 bits per heavy atom. The van der Waals surface area contributed by atoms with Gasteiger partial charge < -0.3 is 10.2 Å². The van der Waals surface area contributed by atoms with Crippen molar-refractivity contribution in [2.45, 2.75) is 49.6 Å². The van der Waals surface area contributed by atoms with Gasteiger partial charge >= 0.3 is 0 Å². The van der Waals surface area contributed by atoms with Crippen LogP contribution in [0, 0.1) is 5.41 Å². The number of rotatable bonds is 0. The molecule has 3 aliphatic rings. The summed E-state index contributed by atoms with van der Waals surface area (Å²) in [7, 11) is 0. The van der Waals surface area contributed by atoms with Crippen molar-refractivity contribution in [1.82, 2.24) is 0 Å². The summed E-state index contributed by atoms with van der Waals surface area (Å²) in [6, 6.07) is 0. The van der Waals surface area contributed by atoms with Gasteiger partial charge in [0.15, 0.2) is 0 Å². The molecule has 1 atom stereocenters. The summed E-state index contributed by atoms with van der Waals surface area (Å²) in [6.07, 6.45) is 3.87. The molecule has 2 nitrogen and oxygen atoms in total. The van der Waals surface area contributed by atoms with E-state index >= 15 is 0 Å². The maximum atomic E-state index is 9.99. The van der Waals surface area contributed by atoms with E-state index in [9.17, 15) is 10.2 Å². The fourth-order valence-corrected chi connectivity index (χ4v) is 3.03. The maximum absolute atomic E-state index is 9.99. The quantitative estimate of drug-likeness (QED) is 0.396. The Kier molecular flexibility index (Phi) is 1.62. The Balaban J connectivity index is 2.32. The van der Waals surface area contributed by atoms with Crippen molar-refractivity contribution in [3.8, 4) is 0 Å². The second-order valence-electron chi connectivity index (χ2n) is 4.78. The fourth-order valence-electron chi connectivity index (χ4n) is 2.52. The van der Waals surface area contributed by atoms with Crippen molar-refractivity contribution in [2.24, 2.45) is 5.41 Å². The fraction of sp³-hybridized carbons (Fsp3) is 1.00. The monoisotopic (exact) mass is 188 g/mol. The molecule has 0 spiro atoms. The first-order valence-corrected chi connectivity index (χ1v) is 4.99. The molecule has 3 fully saturated rings. The summed E-state index contributed by atoms with van der Waals surface area (Å²) in [5, 5.41) is 20.0. The van der Waals surface area contributed by atoms with Crippen LogP contribution in [0.25, 0.3) is 0 Å². The van der Waals surface area contributed by atoms with Gasteiger partial charge in [-0.25, -0.2) is 0 Å². The standard InChI is InChI=1S/C9H16O2S/c1-7-2-4-8(10,5-3-7)6-9(7,11)12/h10-12H,2-6H2,1H3. The summed E-state index contributed by atoms with van der Waals surface area (Å²) in [5.74, 6) is 0. The number of hydrogen-bond donors (Lipinski definition) is 3. The van der Waals surface area contributed by atoms with Crippen LogP contribution in [-0.2, 0) is 0 Å². The molecule has 70 valence electrons. The molecule has 3 aliphatic carbocycles. The molecular weight excluding hydrogens is 172 g/mol. The van der Waals surface area contributed by atoms with Crippen LogP contribution in [0.4, 0.5) is 0 Å². The molecular formula is C9H16O2S. The molecule has 0 aromatic heterocycles. The van der Waals surface area contributed by atoms with E-state index in [0.29, 0.717) is 6.42 Å². The van der Waals surface area contributed by atoms with Crippen molar-refractivity contribution < 1.29 is 10.2 Å². The molecule has 0 saturated heterocycles. The topological polar surface area (TPSA) is 40.5 Å². The minimum absolute atomic E-state index is 0.0827. The van der Waals surface area contributed by atoms with Crippen LogP contribution in [0.1, 0.15) is 39.0 Å². The molecule has 0 amide bonds. The lowest BCUT2D eigenvalue weighted by Gasteiger charge is -2.57. The molecule has 3 rings (SSSR count). The van der Waals surface area contributed by atoms with Crippen molar-refractivity contribution in [3.63, 3.8) is 0 Å². The zero-order valence-electron chi connectivity index (χ0n) is 7.38. The molecule has 0 radical (unpaired) electrons. The van der Waals surface area contributed by atoms with Crippen molar-refractivity contribution in [2.75, 3.05) is 0 Å². The van der Waals surface area contributed by atoms with E-state index in [-0.39, 0.29) is 5.41 Å². The third-order valence-corrected chi connectivity index (χ3v) is 4.52. The van der Waals surface area contributed by atoms with Gasteiger partial charge in [0.05, 0.1) is 5.60 Å². The lowest BCUT2D eigenvalue weighted by atomic mass is 9.57. The van der Waals surface area contributed by atoms with Crippen molar-refractivity contribution in [1.29, 1.82) is 0 Å². The molecule has 2 N–H and O–H groups in total. The van der Waals surface area contributed by atoms with E-state index < -0.39 is 10.5 Å². The number of aliphatic hydroxyl groups is 2. The normalized spacial score (nSPS) is 59.0. The largest absolute Gasteiger partial charge is 0.390 e. The highest BCUT2D eigenvalue weighted by Crippen LogP contribution is 2.58. The van der Waals surface area contributed by atoms with Gasteiger partial charge in [0.2, 0.25) is 0 Å². The summed E-state index contributed by atoms with van der Waals surface area (Å²) in [5.41, 5.74) is -0.713. The van der Waals surface area contributed by atoms with Gasteiger partial charge in [-0.15, -0.1) is 12.6 Å². The second kappa shape index (κ2) is 2.20. The van der Waals surface area contributed by atoms with Crippen molar-refractivity contribution in [3.05, 3.63) is 0 Å². The Bertz CT molecular complexity index is 205. The molecule has 2 bridgehead atoms. The van der Waals surface area contributed by atoms with Gasteiger partial charge in [0.1, 0.15) is 4.93 Å². The molecule has 3 heteroatoms. The van der Waals surface area contributed by atoms with Crippen LogP contribution >= 0.6 is 12.6 Å². The molecule has 3 saturated carbocycles. The zero-order chi connectivity index (χ0) is 9.04. The lowest BCUT2D eigenvalue weighted by Crippen LogP contribution is -2.58. The number of fused-ring (bicyclic) bond motifs is 3. The SMILES string of the molecule is CC12CCC(O)(CC1)CC2(O)S. The van der Waals surface area contributed by atoms with Crippen LogP contribution in [0.2, 0.25) is 0 Å². The van der Waals surface area contributed by atoms with Crippen LogP contribution in [0.5, 0.6) is 0 Å². The van der Waals surface area contributed by atoms with E-state index in [2.05, 4.69) is 19.6 Å². The first-order chi connectivity index (χ1) is 5.37. The molecule has 0 aromatic rings. The molecule has 0 heterocycles. The van der Waals surface area contributed by atoms with Crippen molar-refractivity contribution >= 4 is 12.6 Å². The van der Waals surface area contributed by atoms with E-state index in [1.165, 1.54) is 0 Å².